The van der Waals surface area contributed by atoms with Gasteiger partial charge in [0.15, 0.2) is 0 Å². The molecule has 5 nitrogen and oxygen atoms in total. The van der Waals surface area contributed by atoms with Crippen molar-refractivity contribution in [3.8, 4) is 0 Å². The molecule has 1 fully saturated rings. The van der Waals surface area contributed by atoms with Crippen molar-refractivity contribution in [3.63, 3.8) is 0 Å². The van der Waals surface area contributed by atoms with E-state index < -0.39 is 5.97 Å². The molecular weight excluding hydrogens is 304 g/mol. The fourth-order valence-electron chi connectivity index (χ4n) is 3.09. The number of rotatable bonds is 7. The molecule has 5 heteroatoms. The summed E-state index contributed by atoms with van der Waals surface area (Å²) < 4.78 is 5.76. The van der Waals surface area contributed by atoms with Gasteiger partial charge in [-0.1, -0.05) is 24.3 Å². The molecule has 126 valence electrons. The zero-order valence-electron chi connectivity index (χ0n) is 13.6. The number of hydrogen-bond acceptors (Lipinski definition) is 4. The van der Waals surface area contributed by atoms with Crippen LogP contribution in [0.5, 0.6) is 0 Å². The van der Waals surface area contributed by atoms with Gasteiger partial charge in [0.2, 0.25) is 0 Å². The minimum Gasteiger partial charge on any atom is -0.478 e. The zero-order valence-corrected chi connectivity index (χ0v) is 13.6. The highest BCUT2D eigenvalue weighted by molar-refractivity contribution is 5.89. The van der Waals surface area contributed by atoms with Crippen molar-refractivity contribution >= 4 is 5.97 Å². The molecule has 1 aliphatic rings. The lowest BCUT2D eigenvalue weighted by atomic mass is 10.1. The van der Waals surface area contributed by atoms with Gasteiger partial charge in [-0.3, -0.25) is 9.88 Å². The summed E-state index contributed by atoms with van der Waals surface area (Å²) in [6.07, 6.45) is 4.14. The molecule has 1 atom stereocenters. The van der Waals surface area contributed by atoms with Crippen LogP contribution in [0.1, 0.15) is 34.5 Å². The maximum absolute atomic E-state index is 11.5. The first-order valence-electron chi connectivity index (χ1n) is 8.27. The van der Waals surface area contributed by atoms with Crippen molar-refractivity contribution in [3.05, 3.63) is 65.5 Å². The Balaban J connectivity index is 1.77. The van der Waals surface area contributed by atoms with Gasteiger partial charge in [-0.25, -0.2) is 4.79 Å². The molecule has 1 aliphatic heterocycles. The third kappa shape index (κ3) is 4.40. The van der Waals surface area contributed by atoms with Gasteiger partial charge >= 0.3 is 5.97 Å². The van der Waals surface area contributed by atoms with Crippen LogP contribution in [0.25, 0.3) is 0 Å². The van der Waals surface area contributed by atoms with Crippen LogP contribution in [0, 0.1) is 0 Å². The second-order valence-corrected chi connectivity index (χ2v) is 6.09. The number of pyridine rings is 1. The van der Waals surface area contributed by atoms with Crippen molar-refractivity contribution in [2.75, 3.05) is 13.2 Å². The van der Waals surface area contributed by atoms with Crippen LogP contribution in [-0.2, 0) is 17.8 Å². The third-order valence-electron chi connectivity index (χ3n) is 4.24. The summed E-state index contributed by atoms with van der Waals surface area (Å²) in [5.41, 5.74) is 2.15. The SMILES string of the molecule is O=C(O)c1ccccc1CN(Cc1ccccn1)CC1CCCO1. The highest BCUT2D eigenvalue weighted by Gasteiger charge is 2.21. The van der Waals surface area contributed by atoms with Crippen LogP contribution in [0.15, 0.2) is 48.7 Å². The molecule has 24 heavy (non-hydrogen) atoms. The van der Waals surface area contributed by atoms with Crippen molar-refractivity contribution in [1.82, 2.24) is 9.88 Å². The number of hydrogen-bond donors (Lipinski definition) is 1. The molecule has 1 saturated heterocycles. The molecule has 2 aromatic rings. The zero-order chi connectivity index (χ0) is 16.8. The van der Waals surface area contributed by atoms with Crippen LogP contribution in [0.3, 0.4) is 0 Å². The molecular formula is C19H22N2O3. The topological polar surface area (TPSA) is 62.7 Å². The summed E-state index contributed by atoms with van der Waals surface area (Å²) in [5.74, 6) is -0.888. The number of benzene rings is 1. The van der Waals surface area contributed by atoms with E-state index in [-0.39, 0.29) is 6.10 Å². The molecule has 1 N–H and O–H groups in total. The number of carboxylic acids is 1. The summed E-state index contributed by atoms with van der Waals surface area (Å²) >= 11 is 0. The average Bonchev–Trinajstić information content (AvgIpc) is 3.09. The second kappa shape index (κ2) is 8.04. The standard InChI is InChI=1S/C19H22N2O3/c22-19(23)18-9-2-1-6-15(18)12-21(14-17-8-5-11-24-17)13-16-7-3-4-10-20-16/h1-4,6-7,9-10,17H,5,8,11-14H2,(H,22,23). The van der Waals surface area contributed by atoms with Gasteiger partial charge in [0.05, 0.1) is 17.4 Å². The molecule has 2 heterocycles. The van der Waals surface area contributed by atoms with E-state index in [0.717, 1.165) is 37.3 Å². The van der Waals surface area contributed by atoms with Crippen molar-refractivity contribution in [2.24, 2.45) is 0 Å². The summed E-state index contributed by atoms with van der Waals surface area (Å²) in [6, 6.07) is 13.0. The molecule has 1 unspecified atom stereocenters. The Kier molecular flexibility index (Phi) is 5.56. The molecule has 3 rings (SSSR count). The first kappa shape index (κ1) is 16.6. The lowest BCUT2D eigenvalue weighted by Crippen LogP contribution is -2.32. The maximum atomic E-state index is 11.5. The van der Waals surface area contributed by atoms with Crippen molar-refractivity contribution < 1.29 is 14.6 Å². The van der Waals surface area contributed by atoms with E-state index in [2.05, 4.69) is 9.88 Å². The van der Waals surface area contributed by atoms with E-state index in [1.807, 2.05) is 30.3 Å². The van der Waals surface area contributed by atoms with E-state index in [0.29, 0.717) is 18.7 Å². The first-order valence-corrected chi connectivity index (χ1v) is 8.27. The Morgan fingerprint density at radius 2 is 2.04 bits per heavy atom. The quantitative estimate of drug-likeness (QED) is 0.847. The molecule has 0 aliphatic carbocycles. The average molecular weight is 326 g/mol. The van der Waals surface area contributed by atoms with Gasteiger partial charge in [-0.05, 0) is 36.6 Å². The van der Waals surface area contributed by atoms with E-state index in [9.17, 15) is 9.90 Å². The lowest BCUT2D eigenvalue weighted by Gasteiger charge is -2.25. The van der Waals surface area contributed by atoms with Gasteiger partial charge in [0.25, 0.3) is 0 Å². The number of aromatic carboxylic acids is 1. The number of nitrogens with zero attached hydrogens (tertiary/aromatic N) is 2. The van der Waals surface area contributed by atoms with Crippen LogP contribution >= 0.6 is 0 Å². The molecule has 1 aromatic heterocycles. The summed E-state index contributed by atoms with van der Waals surface area (Å²) in [7, 11) is 0. The maximum Gasteiger partial charge on any atom is 0.336 e. The van der Waals surface area contributed by atoms with Crippen LogP contribution in [0.4, 0.5) is 0 Å². The van der Waals surface area contributed by atoms with Gasteiger partial charge in [-0.2, -0.15) is 0 Å². The van der Waals surface area contributed by atoms with Crippen molar-refractivity contribution in [1.29, 1.82) is 0 Å². The van der Waals surface area contributed by atoms with E-state index in [1.165, 1.54) is 0 Å². The number of ether oxygens (including phenoxy) is 1. The van der Waals surface area contributed by atoms with Crippen LogP contribution < -0.4 is 0 Å². The predicted molar refractivity (Wildman–Crippen MR) is 90.7 cm³/mol. The van der Waals surface area contributed by atoms with E-state index in [1.54, 1.807) is 18.3 Å². The van der Waals surface area contributed by atoms with Crippen LogP contribution in [0.2, 0.25) is 0 Å². The van der Waals surface area contributed by atoms with E-state index in [4.69, 9.17) is 4.74 Å². The Morgan fingerprint density at radius 1 is 1.21 bits per heavy atom. The van der Waals surface area contributed by atoms with E-state index >= 15 is 0 Å². The predicted octanol–water partition coefficient (Wildman–Crippen LogP) is 2.96. The monoisotopic (exact) mass is 326 g/mol. The Labute approximate surface area is 141 Å². The molecule has 1 aromatic carbocycles. The Hall–Kier alpha value is -2.24. The Bertz CT molecular complexity index is 669. The van der Waals surface area contributed by atoms with Gasteiger partial charge in [0.1, 0.15) is 0 Å². The second-order valence-electron chi connectivity index (χ2n) is 6.09. The summed E-state index contributed by atoms with van der Waals surface area (Å²) in [4.78, 5) is 18.1. The normalized spacial score (nSPS) is 17.3. The fraction of sp³-hybridized carbons (Fsp3) is 0.368. The molecule has 0 saturated carbocycles. The highest BCUT2D eigenvalue weighted by atomic mass is 16.5. The largest absolute Gasteiger partial charge is 0.478 e. The third-order valence-corrected chi connectivity index (χ3v) is 4.24. The Morgan fingerprint density at radius 3 is 2.75 bits per heavy atom. The first-order chi connectivity index (χ1) is 11.7. The summed E-state index contributed by atoms with van der Waals surface area (Å²) in [6.45, 7) is 2.84. The molecule has 0 spiro atoms. The van der Waals surface area contributed by atoms with Gasteiger partial charge < -0.3 is 9.84 Å². The number of carboxylic acid groups (broad SMARTS) is 1. The number of carbonyl (C=O) groups is 1. The minimum absolute atomic E-state index is 0.214. The molecule has 0 radical (unpaired) electrons. The van der Waals surface area contributed by atoms with Gasteiger partial charge in [0, 0.05) is 32.4 Å². The van der Waals surface area contributed by atoms with Crippen LogP contribution in [-0.4, -0.2) is 40.2 Å². The van der Waals surface area contributed by atoms with Crippen molar-refractivity contribution in [2.45, 2.75) is 32.0 Å². The molecule has 0 amide bonds. The summed E-state index contributed by atoms with van der Waals surface area (Å²) in [5, 5.41) is 9.40. The molecule has 0 bridgehead atoms. The highest BCUT2D eigenvalue weighted by Crippen LogP contribution is 2.18. The fourth-order valence-corrected chi connectivity index (χ4v) is 3.09. The minimum atomic E-state index is -0.888. The number of aromatic nitrogens is 1. The lowest BCUT2D eigenvalue weighted by molar-refractivity contribution is 0.0658. The van der Waals surface area contributed by atoms with Gasteiger partial charge in [-0.15, -0.1) is 0 Å². The smallest absolute Gasteiger partial charge is 0.336 e.